The van der Waals surface area contributed by atoms with Gasteiger partial charge in [0.25, 0.3) is 5.91 Å². The zero-order valence-corrected chi connectivity index (χ0v) is 15.2. The van der Waals surface area contributed by atoms with Crippen LogP contribution in [-0.4, -0.2) is 54.9 Å². The van der Waals surface area contributed by atoms with Crippen LogP contribution >= 0.6 is 11.6 Å². The van der Waals surface area contributed by atoms with E-state index in [-0.39, 0.29) is 5.91 Å². The SMILES string of the molecule is O=CN1CCN(c2ccnc(C(=O)NCCc3cccc(Cl)c3)c2)CC1. The number of aromatic nitrogens is 1. The van der Waals surface area contributed by atoms with Crippen molar-refractivity contribution >= 4 is 29.6 Å². The number of pyridine rings is 1. The lowest BCUT2D eigenvalue weighted by molar-refractivity contribution is -0.118. The van der Waals surface area contributed by atoms with Gasteiger partial charge < -0.3 is 15.1 Å². The molecule has 0 bridgehead atoms. The largest absolute Gasteiger partial charge is 0.368 e. The van der Waals surface area contributed by atoms with E-state index in [2.05, 4.69) is 15.2 Å². The molecule has 136 valence electrons. The van der Waals surface area contributed by atoms with Crippen LogP contribution in [0.1, 0.15) is 16.1 Å². The molecule has 2 heterocycles. The number of halogens is 1. The summed E-state index contributed by atoms with van der Waals surface area (Å²) in [4.78, 5) is 31.3. The Bertz CT molecular complexity index is 776. The first kappa shape index (κ1) is 18.2. The number of piperazine rings is 1. The summed E-state index contributed by atoms with van der Waals surface area (Å²) in [5.41, 5.74) is 2.42. The van der Waals surface area contributed by atoms with E-state index in [1.165, 1.54) is 0 Å². The average molecular weight is 373 g/mol. The Labute approximate surface area is 157 Å². The zero-order chi connectivity index (χ0) is 18.4. The molecule has 2 aromatic rings. The number of carbonyl (C=O) groups is 2. The highest BCUT2D eigenvalue weighted by molar-refractivity contribution is 6.30. The van der Waals surface area contributed by atoms with Gasteiger partial charge in [-0.25, -0.2) is 0 Å². The molecule has 1 aliphatic rings. The van der Waals surface area contributed by atoms with Crippen molar-refractivity contribution in [2.24, 2.45) is 0 Å². The minimum atomic E-state index is -0.194. The van der Waals surface area contributed by atoms with Crippen molar-refractivity contribution in [3.63, 3.8) is 0 Å². The third kappa shape index (κ3) is 4.73. The Morgan fingerprint density at radius 2 is 2.00 bits per heavy atom. The van der Waals surface area contributed by atoms with E-state index in [1.54, 1.807) is 17.2 Å². The maximum absolute atomic E-state index is 12.4. The molecule has 1 saturated heterocycles. The van der Waals surface area contributed by atoms with Crippen LogP contribution in [0.25, 0.3) is 0 Å². The average Bonchev–Trinajstić information content (AvgIpc) is 2.68. The number of hydrogen-bond acceptors (Lipinski definition) is 4. The second-order valence-corrected chi connectivity index (χ2v) is 6.60. The predicted molar refractivity (Wildman–Crippen MR) is 102 cm³/mol. The summed E-state index contributed by atoms with van der Waals surface area (Å²) in [7, 11) is 0. The molecule has 0 radical (unpaired) electrons. The molecule has 1 aromatic carbocycles. The zero-order valence-electron chi connectivity index (χ0n) is 14.4. The fourth-order valence-electron chi connectivity index (χ4n) is 2.93. The highest BCUT2D eigenvalue weighted by Crippen LogP contribution is 2.16. The molecule has 0 unspecified atom stereocenters. The monoisotopic (exact) mass is 372 g/mol. The molecule has 1 aromatic heterocycles. The topological polar surface area (TPSA) is 65.5 Å². The first-order valence-corrected chi connectivity index (χ1v) is 8.96. The van der Waals surface area contributed by atoms with Gasteiger partial charge in [0.05, 0.1) is 0 Å². The van der Waals surface area contributed by atoms with Gasteiger partial charge >= 0.3 is 0 Å². The van der Waals surface area contributed by atoms with E-state index < -0.39 is 0 Å². The van der Waals surface area contributed by atoms with Crippen LogP contribution < -0.4 is 10.2 Å². The molecule has 1 N–H and O–H groups in total. The van der Waals surface area contributed by atoms with Crippen LogP contribution in [0.15, 0.2) is 42.6 Å². The van der Waals surface area contributed by atoms with Crippen molar-refractivity contribution in [2.75, 3.05) is 37.6 Å². The molecule has 0 aliphatic carbocycles. The maximum Gasteiger partial charge on any atom is 0.269 e. The van der Waals surface area contributed by atoms with Gasteiger partial charge in [-0.2, -0.15) is 0 Å². The fourth-order valence-corrected chi connectivity index (χ4v) is 3.14. The van der Waals surface area contributed by atoms with Crippen LogP contribution in [0.2, 0.25) is 5.02 Å². The van der Waals surface area contributed by atoms with Gasteiger partial charge in [0, 0.05) is 49.6 Å². The summed E-state index contributed by atoms with van der Waals surface area (Å²) < 4.78 is 0. The molecule has 0 spiro atoms. The fraction of sp³-hybridized carbons (Fsp3) is 0.316. The highest BCUT2D eigenvalue weighted by atomic mass is 35.5. The molecule has 7 heteroatoms. The number of nitrogens with zero attached hydrogens (tertiary/aromatic N) is 3. The number of anilines is 1. The van der Waals surface area contributed by atoms with Gasteiger partial charge in [-0.3, -0.25) is 14.6 Å². The molecule has 6 nitrogen and oxygen atoms in total. The van der Waals surface area contributed by atoms with E-state index in [1.807, 2.05) is 30.3 Å². The summed E-state index contributed by atoms with van der Waals surface area (Å²) in [6, 6.07) is 11.3. The van der Waals surface area contributed by atoms with Crippen LogP contribution in [0.5, 0.6) is 0 Å². The number of hydrogen-bond donors (Lipinski definition) is 1. The number of benzene rings is 1. The number of nitrogens with one attached hydrogen (secondary N) is 1. The molecule has 1 fully saturated rings. The van der Waals surface area contributed by atoms with Crippen molar-refractivity contribution in [1.29, 1.82) is 0 Å². The van der Waals surface area contributed by atoms with Gasteiger partial charge in [-0.05, 0) is 36.2 Å². The lowest BCUT2D eigenvalue weighted by atomic mass is 10.1. The van der Waals surface area contributed by atoms with Crippen molar-refractivity contribution in [3.8, 4) is 0 Å². The number of amides is 2. The molecule has 0 saturated carbocycles. The molecular formula is C19H21ClN4O2. The molecule has 0 atom stereocenters. The third-order valence-electron chi connectivity index (χ3n) is 4.39. The molecule has 2 amide bonds. The summed E-state index contributed by atoms with van der Waals surface area (Å²) in [6.45, 7) is 3.39. The van der Waals surface area contributed by atoms with Gasteiger partial charge in [-0.15, -0.1) is 0 Å². The molecule has 26 heavy (non-hydrogen) atoms. The Kier molecular flexibility index (Phi) is 6.07. The minimum absolute atomic E-state index is 0.194. The van der Waals surface area contributed by atoms with E-state index in [4.69, 9.17) is 11.6 Å². The summed E-state index contributed by atoms with van der Waals surface area (Å²) >= 11 is 5.97. The van der Waals surface area contributed by atoms with Crippen LogP contribution in [0, 0.1) is 0 Å². The van der Waals surface area contributed by atoms with Gasteiger partial charge in [0.1, 0.15) is 5.69 Å². The van der Waals surface area contributed by atoms with Crippen LogP contribution in [-0.2, 0) is 11.2 Å². The summed E-state index contributed by atoms with van der Waals surface area (Å²) in [5.74, 6) is -0.194. The number of rotatable bonds is 6. The molecule has 3 rings (SSSR count). The molecular weight excluding hydrogens is 352 g/mol. The van der Waals surface area contributed by atoms with Crippen molar-refractivity contribution < 1.29 is 9.59 Å². The second-order valence-electron chi connectivity index (χ2n) is 6.16. The Hall–Kier alpha value is -2.60. The van der Waals surface area contributed by atoms with Crippen LogP contribution in [0.4, 0.5) is 5.69 Å². The highest BCUT2D eigenvalue weighted by Gasteiger charge is 2.17. The van der Waals surface area contributed by atoms with E-state index >= 15 is 0 Å². The lowest BCUT2D eigenvalue weighted by Crippen LogP contribution is -2.45. The first-order valence-electron chi connectivity index (χ1n) is 8.59. The van der Waals surface area contributed by atoms with Crippen molar-refractivity contribution in [3.05, 3.63) is 58.9 Å². The minimum Gasteiger partial charge on any atom is -0.368 e. The summed E-state index contributed by atoms with van der Waals surface area (Å²) in [6.07, 6.45) is 3.23. The Balaban J connectivity index is 1.55. The van der Waals surface area contributed by atoms with Crippen molar-refractivity contribution in [1.82, 2.24) is 15.2 Å². The maximum atomic E-state index is 12.4. The standard InChI is InChI=1S/C19H21ClN4O2/c20-16-3-1-2-15(12-16)4-6-22-19(26)18-13-17(5-7-21-18)24-10-8-23(14-25)9-11-24/h1-3,5,7,12-14H,4,6,8-11H2,(H,22,26). The Morgan fingerprint density at radius 3 is 2.73 bits per heavy atom. The lowest BCUT2D eigenvalue weighted by Gasteiger charge is -2.34. The predicted octanol–water partition coefficient (Wildman–Crippen LogP) is 1.99. The summed E-state index contributed by atoms with van der Waals surface area (Å²) in [5, 5.41) is 3.59. The smallest absolute Gasteiger partial charge is 0.269 e. The van der Waals surface area contributed by atoms with Gasteiger partial charge in [-0.1, -0.05) is 23.7 Å². The second kappa shape index (κ2) is 8.67. The van der Waals surface area contributed by atoms with E-state index in [0.29, 0.717) is 36.8 Å². The van der Waals surface area contributed by atoms with E-state index in [0.717, 1.165) is 30.8 Å². The normalized spacial score (nSPS) is 14.2. The van der Waals surface area contributed by atoms with Gasteiger partial charge in [0.2, 0.25) is 6.41 Å². The van der Waals surface area contributed by atoms with E-state index in [9.17, 15) is 9.59 Å². The number of carbonyl (C=O) groups excluding carboxylic acids is 2. The van der Waals surface area contributed by atoms with Gasteiger partial charge in [0.15, 0.2) is 0 Å². The quantitative estimate of drug-likeness (QED) is 0.787. The van der Waals surface area contributed by atoms with Crippen LogP contribution in [0.3, 0.4) is 0 Å². The third-order valence-corrected chi connectivity index (χ3v) is 4.63. The molecule has 1 aliphatic heterocycles. The Morgan fingerprint density at radius 1 is 1.19 bits per heavy atom. The van der Waals surface area contributed by atoms with Crippen molar-refractivity contribution in [2.45, 2.75) is 6.42 Å². The first-order chi connectivity index (χ1) is 12.7.